The van der Waals surface area contributed by atoms with Crippen molar-refractivity contribution in [3.63, 3.8) is 0 Å². The maximum absolute atomic E-state index is 10.9. The van der Waals surface area contributed by atoms with Gasteiger partial charge < -0.3 is 15.3 Å². The van der Waals surface area contributed by atoms with Crippen LogP contribution in [0.25, 0.3) is 5.57 Å². The van der Waals surface area contributed by atoms with E-state index in [1.165, 1.54) is 12.1 Å². The fraction of sp³-hybridized carbons (Fsp3) is 0.182. The summed E-state index contributed by atoms with van der Waals surface area (Å²) in [5.74, 6) is -3.02. The zero-order valence-electron chi connectivity index (χ0n) is 7.84. The van der Waals surface area contributed by atoms with Crippen LogP contribution in [0.3, 0.4) is 0 Å². The molecule has 1 aliphatic carbocycles. The van der Waals surface area contributed by atoms with E-state index in [0.717, 1.165) is 0 Å². The lowest BCUT2D eigenvalue weighted by Crippen LogP contribution is -2.29. The third-order valence-electron chi connectivity index (χ3n) is 2.47. The molecule has 0 unspecified atom stereocenters. The monoisotopic (exact) mass is 206 g/mol. The minimum atomic E-state index is -1.96. The number of carbonyl (C=O) groups is 1. The van der Waals surface area contributed by atoms with Crippen LogP contribution in [0.4, 0.5) is 0 Å². The summed E-state index contributed by atoms with van der Waals surface area (Å²) >= 11 is 0. The first kappa shape index (κ1) is 9.89. The van der Waals surface area contributed by atoms with Crippen LogP contribution in [0.2, 0.25) is 0 Å². The van der Waals surface area contributed by atoms with Crippen molar-refractivity contribution in [3.05, 3.63) is 41.5 Å². The third kappa shape index (κ3) is 1.54. The van der Waals surface area contributed by atoms with Crippen LogP contribution in [0.5, 0.6) is 0 Å². The first-order valence-electron chi connectivity index (χ1n) is 4.50. The lowest BCUT2D eigenvalue weighted by atomic mass is 9.86. The Morgan fingerprint density at radius 2 is 1.93 bits per heavy atom. The number of rotatable bonds is 1. The van der Waals surface area contributed by atoms with Gasteiger partial charge in [-0.15, -0.1) is 0 Å². The molecule has 0 heterocycles. The molecular formula is C11H10O4. The maximum atomic E-state index is 10.9. The second-order valence-electron chi connectivity index (χ2n) is 3.49. The van der Waals surface area contributed by atoms with E-state index in [1.54, 1.807) is 18.2 Å². The summed E-state index contributed by atoms with van der Waals surface area (Å²) in [6.07, 6.45) is 1.22. The highest BCUT2D eigenvalue weighted by atomic mass is 16.5. The van der Waals surface area contributed by atoms with Gasteiger partial charge in [-0.3, -0.25) is 0 Å². The number of hydrogen-bond acceptors (Lipinski definition) is 3. The standard InChI is InChI=1S/C11H10O4/c12-10(13)8-5-6-11(14,15)9-4-2-1-3-7(8)9/h1-5,14-15H,6H2,(H,12,13). The van der Waals surface area contributed by atoms with Crippen molar-refractivity contribution in [3.8, 4) is 0 Å². The van der Waals surface area contributed by atoms with Gasteiger partial charge in [-0.25, -0.2) is 4.79 Å². The highest BCUT2D eigenvalue weighted by Gasteiger charge is 2.33. The lowest BCUT2D eigenvalue weighted by Gasteiger charge is -2.27. The van der Waals surface area contributed by atoms with Crippen LogP contribution >= 0.6 is 0 Å². The van der Waals surface area contributed by atoms with E-state index in [2.05, 4.69) is 0 Å². The van der Waals surface area contributed by atoms with Gasteiger partial charge in [0.25, 0.3) is 0 Å². The van der Waals surface area contributed by atoms with Crippen molar-refractivity contribution >= 4 is 11.5 Å². The van der Waals surface area contributed by atoms with Gasteiger partial charge >= 0.3 is 5.97 Å². The Balaban J connectivity index is 2.63. The Hall–Kier alpha value is -1.65. The molecule has 0 saturated carbocycles. The van der Waals surface area contributed by atoms with Gasteiger partial charge in [0.1, 0.15) is 0 Å². The van der Waals surface area contributed by atoms with E-state index in [1.807, 2.05) is 0 Å². The molecule has 0 spiro atoms. The molecule has 78 valence electrons. The number of aliphatic carboxylic acids is 1. The molecule has 1 aromatic rings. The quantitative estimate of drug-likeness (QED) is 0.591. The summed E-state index contributed by atoms with van der Waals surface area (Å²) in [6, 6.07) is 6.39. The van der Waals surface area contributed by atoms with E-state index in [0.29, 0.717) is 5.56 Å². The summed E-state index contributed by atoms with van der Waals surface area (Å²) in [6.45, 7) is 0. The molecule has 0 bridgehead atoms. The predicted octanol–water partition coefficient (Wildman–Crippen LogP) is 0.696. The van der Waals surface area contributed by atoms with Crippen molar-refractivity contribution in [2.75, 3.05) is 0 Å². The largest absolute Gasteiger partial charge is 0.478 e. The molecule has 2 rings (SSSR count). The van der Waals surface area contributed by atoms with Crippen molar-refractivity contribution < 1.29 is 20.1 Å². The SMILES string of the molecule is O=C(O)C1=CCC(O)(O)c2ccccc21. The van der Waals surface area contributed by atoms with Crippen LogP contribution in [0.1, 0.15) is 17.5 Å². The molecule has 0 saturated heterocycles. The molecule has 15 heavy (non-hydrogen) atoms. The zero-order chi connectivity index (χ0) is 11.1. The summed E-state index contributed by atoms with van der Waals surface area (Å²) < 4.78 is 0. The lowest BCUT2D eigenvalue weighted by molar-refractivity contribution is -0.167. The van der Waals surface area contributed by atoms with Crippen molar-refractivity contribution in [1.82, 2.24) is 0 Å². The fourth-order valence-corrected chi connectivity index (χ4v) is 1.73. The number of carboxylic acid groups (broad SMARTS) is 1. The number of carboxylic acids is 1. The molecule has 3 N–H and O–H groups in total. The van der Waals surface area contributed by atoms with E-state index in [4.69, 9.17) is 5.11 Å². The molecule has 0 amide bonds. The van der Waals surface area contributed by atoms with Gasteiger partial charge in [0, 0.05) is 12.0 Å². The smallest absolute Gasteiger partial charge is 0.335 e. The number of benzene rings is 1. The second-order valence-corrected chi connectivity index (χ2v) is 3.49. The second kappa shape index (κ2) is 3.18. The van der Waals surface area contributed by atoms with Crippen LogP contribution in [-0.4, -0.2) is 21.3 Å². The molecular weight excluding hydrogens is 196 g/mol. The highest BCUT2D eigenvalue weighted by molar-refractivity contribution is 6.16. The van der Waals surface area contributed by atoms with Crippen LogP contribution in [0.15, 0.2) is 30.3 Å². The van der Waals surface area contributed by atoms with E-state index < -0.39 is 11.8 Å². The van der Waals surface area contributed by atoms with Gasteiger partial charge in [0.15, 0.2) is 5.79 Å². The number of aliphatic hydroxyl groups is 2. The van der Waals surface area contributed by atoms with Crippen LogP contribution in [-0.2, 0) is 10.6 Å². The van der Waals surface area contributed by atoms with Gasteiger partial charge in [0.2, 0.25) is 0 Å². The van der Waals surface area contributed by atoms with Gasteiger partial charge in [-0.2, -0.15) is 0 Å². The maximum Gasteiger partial charge on any atom is 0.335 e. The van der Waals surface area contributed by atoms with Crippen LogP contribution in [0, 0.1) is 0 Å². The Labute approximate surface area is 86.1 Å². The van der Waals surface area contributed by atoms with E-state index in [-0.39, 0.29) is 17.6 Å². The molecule has 4 nitrogen and oxygen atoms in total. The zero-order valence-corrected chi connectivity index (χ0v) is 7.84. The van der Waals surface area contributed by atoms with Crippen molar-refractivity contribution in [2.45, 2.75) is 12.2 Å². The Bertz CT molecular complexity index is 446. The number of hydrogen-bond donors (Lipinski definition) is 3. The molecule has 0 aliphatic heterocycles. The van der Waals surface area contributed by atoms with Crippen molar-refractivity contribution in [2.24, 2.45) is 0 Å². The van der Waals surface area contributed by atoms with E-state index >= 15 is 0 Å². The topological polar surface area (TPSA) is 77.8 Å². The molecule has 4 heteroatoms. The average Bonchev–Trinajstić information content (AvgIpc) is 2.17. The normalized spacial score (nSPS) is 17.9. The minimum Gasteiger partial charge on any atom is -0.478 e. The van der Waals surface area contributed by atoms with Crippen LogP contribution < -0.4 is 0 Å². The Kier molecular flexibility index (Phi) is 2.10. The predicted molar refractivity (Wildman–Crippen MR) is 52.8 cm³/mol. The van der Waals surface area contributed by atoms with Gasteiger partial charge in [0.05, 0.1) is 5.57 Å². The highest BCUT2D eigenvalue weighted by Crippen LogP contribution is 2.35. The summed E-state index contributed by atoms with van der Waals surface area (Å²) in [5, 5.41) is 28.2. The molecule has 0 atom stereocenters. The summed E-state index contributed by atoms with van der Waals surface area (Å²) in [7, 11) is 0. The van der Waals surface area contributed by atoms with Gasteiger partial charge in [-0.1, -0.05) is 30.3 Å². The molecule has 0 aromatic heterocycles. The fourth-order valence-electron chi connectivity index (χ4n) is 1.73. The summed E-state index contributed by atoms with van der Waals surface area (Å²) in [4.78, 5) is 10.9. The first-order valence-corrected chi connectivity index (χ1v) is 4.50. The molecule has 0 radical (unpaired) electrons. The molecule has 0 fully saturated rings. The Morgan fingerprint density at radius 1 is 1.27 bits per heavy atom. The minimum absolute atomic E-state index is 0.106. The first-order chi connectivity index (χ1) is 7.02. The Morgan fingerprint density at radius 3 is 2.60 bits per heavy atom. The summed E-state index contributed by atoms with van der Waals surface area (Å²) in [5.41, 5.74) is 0.718. The average molecular weight is 206 g/mol. The number of fused-ring (bicyclic) bond motifs is 1. The third-order valence-corrected chi connectivity index (χ3v) is 2.47. The molecule has 1 aromatic carbocycles. The van der Waals surface area contributed by atoms with E-state index in [9.17, 15) is 15.0 Å². The van der Waals surface area contributed by atoms with Crippen molar-refractivity contribution in [1.29, 1.82) is 0 Å². The van der Waals surface area contributed by atoms with Gasteiger partial charge in [-0.05, 0) is 5.56 Å². The molecule has 1 aliphatic rings.